The van der Waals surface area contributed by atoms with Crippen LogP contribution in [0.1, 0.15) is 30.9 Å². The van der Waals surface area contributed by atoms with Crippen molar-refractivity contribution in [2.45, 2.75) is 31.8 Å². The molecule has 2 aliphatic heterocycles. The van der Waals surface area contributed by atoms with Crippen LogP contribution in [0.5, 0.6) is 11.5 Å². The van der Waals surface area contributed by atoms with E-state index in [1.54, 1.807) is 11.0 Å². The number of nitrogens with zero attached hydrogens (tertiary/aromatic N) is 4. The number of likely N-dealkylation sites (tertiary alicyclic amines) is 1. The Morgan fingerprint density at radius 1 is 1.25 bits per heavy atom. The van der Waals surface area contributed by atoms with Crippen LogP contribution >= 0.6 is 0 Å². The van der Waals surface area contributed by atoms with E-state index in [2.05, 4.69) is 10.1 Å². The predicted octanol–water partition coefficient (Wildman–Crippen LogP) is 1.80. The van der Waals surface area contributed by atoms with Crippen molar-refractivity contribution in [3.63, 3.8) is 0 Å². The molecule has 0 radical (unpaired) electrons. The molecular weight excluding hydrogens is 308 g/mol. The van der Waals surface area contributed by atoms with Gasteiger partial charge in [-0.05, 0) is 30.5 Å². The third kappa shape index (κ3) is 2.93. The molecule has 3 heterocycles. The van der Waals surface area contributed by atoms with Gasteiger partial charge in [0, 0.05) is 13.0 Å². The molecule has 1 saturated heterocycles. The Balaban J connectivity index is 1.47. The van der Waals surface area contributed by atoms with Gasteiger partial charge in [0.05, 0.1) is 12.6 Å². The van der Waals surface area contributed by atoms with Crippen molar-refractivity contribution in [1.29, 1.82) is 0 Å². The first-order valence-corrected chi connectivity index (χ1v) is 8.33. The van der Waals surface area contributed by atoms with Gasteiger partial charge in [0.25, 0.3) is 0 Å². The van der Waals surface area contributed by atoms with Crippen LogP contribution in [0, 0.1) is 0 Å². The molecule has 4 rings (SSSR count). The Labute approximate surface area is 140 Å². The molecular formula is C17H20N4O3. The number of benzene rings is 1. The Kier molecular flexibility index (Phi) is 4.06. The number of rotatable bonds is 4. The molecule has 7 heteroatoms. The van der Waals surface area contributed by atoms with Crippen molar-refractivity contribution in [3.8, 4) is 11.5 Å². The zero-order valence-corrected chi connectivity index (χ0v) is 13.4. The number of aromatic nitrogens is 3. The van der Waals surface area contributed by atoms with Gasteiger partial charge in [-0.1, -0.05) is 6.07 Å². The topological polar surface area (TPSA) is 69.5 Å². The van der Waals surface area contributed by atoms with Gasteiger partial charge in [0.15, 0.2) is 11.5 Å². The molecule has 2 aromatic rings. The lowest BCUT2D eigenvalue weighted by atomic mass is 10.0. The summed E-state index contributed by atoms with van der Waals surface area (Å²) in [5.41, 5.74) is 1.12. The second-order valence-corrected chi connectivity index (χ2v) is 6.06. The molecule has 1 aromatic heterocycles. The van der Waals surface area contributed by atoms with Gasteiger partial charge in [-0.25, -0.2) is 4.98 Å². The molecule has 0 N–H and O–H groups in total. The minimum Gasteiger partial charge on any atom is -0.486 e. The molecule has 1 fully saturated rings. The summed E-state index contributed by atoms with van der Waals surface area (Å²) in [6.07, 6.45) is 5.56. The number of carbonyl (C=O) groups is 1. The minimum atomic E-state index is 0.115. The third-order valence-electron chi connectivity index (χ3n) is 4.55. The van der Waals surface area contributed by atoms with E-state index in [0.29, 0.717) is 26.2 Å². The first kappa shape index (κ1) is 15.0. The van der Waals surface area contributed by atoms with Crippen molar-refractivity contribution < 1.29 is 14.3 Å². The number of fused-ring (bicyclic) bond motifs is 1. The lowest BCUT2D eigenvalue weighted by Gasteiger charge is -2.26. The van der Waals surface area contributed by atoms with Crippen molar-refractivity contribution in [2.24, 2.45) is 0 Å². The van der Waals surface area contributed by atoms with E-state index in [1.807, 2.05) is 23.1 Å². The fourth-order valence-corrected chi connectivity index (χ4v) is 3.38. The summed E-state index contributed by atoms with van der Waals surface area (Å²) in [5, 5.41) is 4.04. The Morgan fingerprint density at radius 3 is 2.96 bits per heavy atom. The van der Waals surface area contributed by atoms with Crippen LogP contribution in [0.25, 0.3) is 0 Å². The molecule has 0 aliphatic carbocycles. The first-order chi connectivity index (χ1) is 11.8. The number of aryl methyl sites for hydroxylation is 1. The summed E-state index contributed by atoms with van der Waals surface area (Å²) in [6.45, 7) is 2.52. The second kappa shape index (κ2) is 6.51. The van der Waals surface area contributed by atoms with E-state index in [4.69, 9.17) is 9.47 Å². The number of amides is 1. The maximum absolute atomic E-state index is 12.6. The van der Waals surface area contributed by atoms with Crippen molar-refractivity contribution in [1.82, 2.24) is 19.7 Å². The Morgan fingerprint density at radius 2 is 2.12 bits per heavy atom. The number of hydrogen-bond acceptors (Lipinski definition) is 5. The van der Waals surface area contributed by atoms with Gasteiger partial charge in [0.1, 0.15) is 25.9 Å². The average Bonchev–Trinajstić information content (AvgIpc) is 3.31. The van der Waals surface area contributed by atoms with E-state index in [-0.39, 0.29) is 11.9 Å². The van der Waals surface area contributed by atoms with Crippen LogP contribution in [0.15, 0.2) is 30.9 Å². The average molecular weight is 328 g/mol. The van der Waals surface area contributed by atoms with E-state index in [9.17, 15) is 4.79 Å². The molecule has 0 spiro atoms. The standard InChI is InChI=1S/C17H20N4O3/c22-17(5-7-20-12-18-11-19-20)21-6-1-2-14(21)13-3-4-15-16(10-13)24-9-8-23-15/h3-4,10-12,14H,1-2,5-9H2/t14-/m1/s1. The zero-order valence-electron chi connectivity index (χ0n) is 13.4. The highest BCUT2D eigenvalue weighted by atomic mass is 16.6. The summed E-state index contributed by atoms with van der Waals surface area (Å²) < 4.78 is 12.9. The minimum absolute atomic E-state index is 0.115. The van der Waals surface area contributed by atoms with Gasteiger partial charge in [0.2, 0.25) is 5.91 Å². The van der Waals surface area contributed by atoms with E-state index >= 15 is 0 Å². The molecule has 0 saturated carbocycles. The van der Waals surface area contributed by atoms with Crippen molar-refractivity contribution >= 4 is 5.91 Å². The van der Waals surface area contributed by atoms with Gasteiger partial charge in [-0.15, -0.1) is 0 Å². The van der Waals surface area contributed by atoms with Gasteiger partial charge >= 0.3 is 0 Å². The summed E-state index contributed by atoms with van der Waals surface area (Å²) in [5.74, 6) is 1.72. The SMILES string of the molecule is O=C(CCn1cncn1)N1CCC[C@@H]1c1ccc2c(c1)OCCO2. The summed E-state index contributed by atoms with van der Waals surface area (Å²) in [4.78, 5) is 18.5. The normalized spacial score (nSPS) is 19.5. The van der Waals surface area contributed by atoms with Crippen LogP contribution < -0.4 is 9.47 Å². The number of ether oxygens (including phenoxy) is 2. The van der Waals surface area contributed by atoms with E-state index < -0.39 is 0 Å². The fourth-order valence-electron chi connectivity index (χ4n) is 3.38. The van der Waals surface area contributed by atoms with Crippen molar-refractivity contribution in [2.75, 3.05) is 19.8 Å². The lowest BCUT2D eigenvalue weighted by Crippen LogP contribution is -2.31. The smallest absolute Gasteiger partial charge is 0.224 e. The predicted molar refractivity (Wildman–Crippen MR) is 85.8 cm³/mol. The number of carbonyl (C=O) groups excluding carboxylic acids is 1. The van der Waals surface area contributed by atoms with Crippen LogP contribution in [0.2, 0.25) is 0 Å². The molecule has 24 heavy (non-hydrogen) atoms. The number of hydrogen-bond donors (Lipinski definition) is 0. The Hall–Kier alpha value is -2.57. The van der Waals surface area contributed by atoms with Crippen LogP contribution in [-0.2, 0) is 11.3 Å². The summed E-state index contributed by atoms with van der Waals surface area (Å²) >= 11 is 0. The Bertz CT molecular complexity index is 717. The van der Waals surface area contributed by atoms with Gasteiger partial charge in [-0.2, -0.15) is 5.10 Å². The van der Waals surface area contributed by atoms with Gasteiger partial charge < -0.3 is 14.4 Å². The monoisotopic (exact) mass is 328 g/mol. The maximum Gasteiger partial charge on any atom is 0.224 e. The molecule has 2 aliphatic rings. The lowest BCUT2D eigenvalue weighted by molar-refractivity contribution is -0.132. The highest BCUT2D eigenvalue weighted by Crippen LogP contribution is 2.38. The molecule has 1 aromatic carbocycles. The van der Waals surface area contributed by atoms with Crippen LogP contribution in [0.3, 0.4) is 0 Å². The highest BCUT2D eigenvalue weighted by Gasteiger charge is 2.30. The molecule has 7 nitrogen and oxygen atoms in total. The second-order valence-electron chi connectivity index (χ2n) is 6.06. The molecule has 0 unspecified atom stereocenters. The summed E-state index contributed by atoms with van der Waals surface area (Å²) in [6, 6.07) is 6.12. The molecule has 126 valence electrons. The fraction of sp³-hybridized carbons (Fsp3) is 0.471. The first-order valence-electron chi connectivity index (χ1n) is 8.33. The third-order valence-corrected chi connectivity index (χ3v) is 4.55. The quantitative estimate of drug-likeness (QED) is 0.856. The molecule has 1 atom stereocenters. The summed E-state index contributed by atoms with van der Waals surface area (Å²) in [7, 11) is 0. The van der Waals surface area contributed by atoms with E-state index in [0.717, 1.165) is 36.4 Å². The maximum atomic E-state index is 12.6. The molecule has 0 bridgehead atoms. The molecule has 1 amide bonds. The largest absolute Gasteiger partial charge is 0.486 e. The van der Waals surface area contributed by atoms with Crippen molar-refractivity contribution in [3.05, 3.63) is 36.4 Å². The van der Waals surface area contributed by atoms with E-state index in [1.165, 1.54) is 6.33 Å². The van der Waals surface area contributed by atoms with Crippen LogP contribution in [-0.4, -0.2) is 45.3 Å². The zero-order chi connectivity index (χ0) is 16.4. The van der Waals surface area contributed by atoms with Gasteiger partial charge in [-0.3, -0.25) is 9.48 Å². The van der Waals surface area contributed by atoms with Crippen LogP contribution in [0.4, 0.5) is 0 Å². The highest BCUT2D eigenvalue weighted by molar-refractivity contribution is 5.77.